The van der Waals surface area contributed by atoms with Gasteiger partial charge in [-0.1, -0.05) is 18.2 Å². The number of hydrazine groups is 1. The molecule has 3 unspecified atom stereocenters. The van der Waals surface area contributed by atoms with Crippen LogP contribution in [0.4, 0.5) is 0 Å². The Morgan fingerprint density at radius 2 is 1.97 bits per heavy atom. The number of para-hydroxylation sites is 1. The zero-order valence-corrected chi connectivity index (χ0v) is 17.5. The van der Waals surface area contributed by atoms with Crippen molar-refractivity contribution in [3.63, 3.8) is 0 Å². The molecule has 1 saturated heterocycles. The molecule has 7 heteroatoms. The fourth-order valence-corrected chi connectivity index (χ4v) is 3.93. The van der Waals surface area contributed by atoms with Crippen LogP contribution in [0.25, 0.3) is 10.9 Å². The van der Waals surface area contributed by atoms with Crippen LogP contribution in [0.15, 0.2) is 54.6 Å². The van der Waals surface area contributed by atoms with E-state index in [2.05, 4.69) is 45.9 Å². The van der Waals surface area contributed by atoms with Crippen molar-refractivity contribution < 1.29 is 14.3 Å². The van der Waals surface area contributed by atoms with Gasteiger partial charge in [-0.3, -0.25) is 4.79 Å². The van der Waals surface area contributed by atoms with Crippen LogP contribution in [0.5, 0.6) is 11.5 Å². The molecule has 2 aromatic carbocycles. The van der Waals surface area contributed by atoms with E-state index in [1.165, 1.54) is 11.2 Å². The van der Waals surface area contributed by atoms with Gasteiger partial charge in [-0.25, -0.2) is 10.9 Å². The van der Waals surface area contributed by atoms with Crippen LogP contribution in [0.1, 0.15) is 32.0 Å². The van der Waals surface area contributed by atoms with E-state index in [0.717, 1.165) is 24.1 Å². The molecule has 3 aromatic rings. The van der Waals surface area contributed by atoms with E-state index in [-0.39, 0.29) is 18.1 Å². The highest BCUT2D eigenvalue weighted by Gasteiger charge is 2.30. The second-order valence-corrected chi connectivity index (χ2v) is 7.45. The quantitative estimate of drug-likeness (QED) is 0.560. The minimum atomic E-state index is -0.581. The minimum absolute atomic E-state index is 0.0824. The number of carbonyl (C=O) groups excluding carboxylic acids is 1. The number of nitrogens with zero attached hydrogens (tertiary/aromatic N) is 1. The van der Waals surface area contributed by atoms with Crippen LogP contribution in [0.3, 0.4) is 0 Å². The Balaban J connectivity index is 1.42. The maximum Gasteiger partial charge on any atom is 0.262 e. The molecule has 3 N–H and O–H groups in total. The van der Waals surface area contributed by atoms with Gasteiger partial charge in [-0.2, -0.15) is 0 Å². The molecule has 158 valence electrons. The number of benzene rings is 2. The Hall–Kier alpha value is -3.03. The number of amides is 1. The van der Waals surface area contributed by atoms with Gasteiger partial charge in [0.15, 0.2) is 6.10 Å². The summed E-state index contributed by atoms with van der Waals surface area (Å²) < 4.78 is 13.4. The lowest BCUT2D eigenvalue weighted by Crippen LogP contribution is -2.48. The van der Waals surface area contributed by atoms with Crippen molar-refractivity contribution in [2.75, 3.05) is 7.11 Å². The van der Waals surface area contributed by atoms with Crippen LogP contribution in [0.2, 0.25) is 0 Å². The number of ether oxygens (including phenoxy) is 2. The first-order chi connectivity index (χ1) is 14.6. The van der Waals surface area contributed by atoms with Gasteiger partial charge in [-0.15, -0.1) is 0 Å². The van der Waals surface area contributed by atoms with E-state index in [1.54, 1.807) is 14.0 Å². The summed E-state index contributed by atoms with van der Waals surface area (Å²) in [6.45, 7) is 4.75. The zero-order valence-electron chi connectivity index (χ0n) is 17.5. The van der Waals surface area contributed by atoms with Crippen molar-refractivity contribution in [1.29, 1.82) is 0 Å². The van der Waals surface area contributed by atoms with E-state index in [9.17, 15) is 4.79 Å². The summed E-state index contributed by atoms with van der Waals surface area (Å²) in [6.07, 6.45) is -0.0259. The number of rotatable bonds is 7. The largest absolute Gasteiger partial charge is 0.497 e. The van der Waals surface area contributed by atoms with E-state index < -0.39 is 6.10 Å². The fourth-order valence-electron chi connectivity index (χ4n) is 3.93. The maximum absolute atomic E-state index is 12.6. The molecular formula is C23H28N4O3. The smallest absolute Gasteiger partial charge is 0.262 e. The normalized spacial score (nSPS) is 19.6. The Labute approximate surface area is 176 Å². The van der Waals surface area contributed by atoms with Crippen molar-refractivity contribution in [1.82, 2.24) is 20.7 Å². The summed E-state index contributed by atoms with van der Waals surface area (Å²) in [5.74, 6) is 1.37. The van der Waals surface area contributed by atoms with Gasteiger partial charge in [-0.05, 0) is 50.2 Å². The van der Waals surface area contributed by atoms with E-state index >= 15 is 0 Å². The highest BCUT2D eigenvalue weighted by molar-refractivity contribution is 5.83. The van der Waals surface area contributed by atoms with E-state index in [4.69, 9.17) is 9.47 Å². The number of hydrogen-bond acceptors (Lipinski definition) is 5. The average Bonchev–Trinajstić information content (AvgIpc) is 3.37. The van der Waals surface area contributed by atoms with Gasteiger partial charge in [0.05, 0.1) is 19.3 Å². The minimum Gasteiger partial charge on any atom is -0.497 e. The van der Waals surface area contributed by atoms with Gasteiger partial charge in [0, 0.05) is 29.6 Å². The van der Waals surface area contributed by atoms with E-state index in [1.807, 2.05) is 36.4 Å². The van der Waals surface area contributed by atoms with Crippen LogP contribution in [-0.2, 0) is 11.3 Å². The molecule has 1 fully saturated rings. The lowest BCUT2D eigenvalue weighted by Gasteiger charge is -2.18. The van der Waals surface area contributed by atoms with Crippen LogP contribution >= 0.6 is 0 Å². The molecule has 0 spiro atoms. The monoisotopic (exact) mass is 408 g/mol. The fraction of sp³-hybridized carbons (Fsp3) is 0.348. The SMILES string of the molecule is CCn1c(C2CC(NC(=O)C(C)Oc3ccccc3)NN2)cc2cc(OC)ccc21. The molecule has 1 aliphatic rings. The maximum atomic E-state index is 12.6. The standard InChI is InChI=1S/C23H28N4O3/c1-4-27-20-11-10-18(29-3)12-16(20)13-21(27)19-14-22(26-25-19)24-23(28)15(2)30-17-8-6-5-7-9-17/h5-13,15,19,22,25-26H,4,14H2,1-3H3,(H,24,28). The van der Waals surface area contributed by atoms with Gasteiger partial charge in [0.1, 0.15) is 11.5 Å². The predicted octanol–water partition coefficient (Wildman–Crippen LogP) is 3.12. The molecule has 30 heavy (non-hydrogen) atoms. The molecule has 2 heterocycles. The van der Waals surface area contributed by atoms with Crippen molar-refractivity contribution in [2.24, 2.45) is 0 Å². The van der Waals surface area contributed by atoms with Crippen LogP contribution in [-0.4, -0.2) is 29.9 Å². The molecule has 1 amide bonds. The first-order valence-corrected chi connectivity index (χ1v) is 10.3. The Bertz CT molecular complexity index is 1020. The molecule has 0 aliphatic carbocycles. The van der Waals surface area contributed by atoms with Gasteiger partial charge >= 0.3 is 0 Å². The van der Waals surface area contributed by atoms with Crippen molar-refractivity contribution >= 4 is 16.8 Å². The highest BCUT2D eigenvalue weighted by atomic mass is 16.5. The first-order valence-electron chi connectivity index (χ1n) is 10.3. The van der Waals surface area contributed by atoms with Gasteiger partial charge in [0.25, 0.3) is 5.91 Å². The molecule has 0 radical (unpaired) electrons. The van der Waals surface area contributed by atoms with Crippen LogP contribution in [0, 0.1) is 0 Å². The molecule has 7 nitrogen and oxygen atoms in total. The van der Waals surface area contributed by atoms with Crippen molar-refractivity contribution in [3.05, 3.63) is 60.3 Å². The third-order valence-corrected chi connectivity index (χ3v) is 5.46. The molecule has 3 atom stereocenters. The number of methoxy groups -OCH3 is 1. The number of hydrogen-bond donors (Lipinski definition) is 3. The van der Waals surface area contributed by atoms with Crippen molar-refractivity contribution in [2.45, 2.75) is 45.1 Å². The number of carbonyl (C=O) groups is 1. The summed E-state index contributed by atoms with van der Waals surface area (Å²) in [5, 5.41) is 4.17. The summed E-state index contributed by atoms with van der Waals surface area (Å²) >= 11 is 0. The zero-order chi connectivity index (χ0) is 21.1. The molecular weight excluding hydrogens is 380 g/mol. The average molecular weight is 409 g/mol. The van der Waals surface area contributed by atoms with Gasteiger partial charge in [0.2, 0.25) is 0 Å². The molecule has 0 saturated carbocycles. The topological polar surface area (TPSA) is 76.6 Å². The first kappa shape index (κ1) is 20.3. The summed E-state index contributed by atoms with van der Waals surface area (Å²) in [5.41, 5.74) is 8.87. The van der Waals surface area contributed by atoms with Crippen molar-refractivity contribution in [3.8, 4) is 11.5 Å². The molecule has 4 rings (SSSR count). The third kappa shape index (κ3) is 4.13. The van der Waals surface area contributed by atoms with Gasteiger partial charge < -0.3 is 19.4 Å². The Morgan fingerprint density at radius 3 is 2.70 bits per heavy atom. The number of aromatic nitrogens is 1. The summed E-state index contributed by atoms with van der Waals surface area (Å²) in [6, 6.07) is 17.8. The van der Waals surface area contributed by atoms with E-state index in [0.29, 0.717) is 5.75 Å². The molecule has 1 aliphatic heterocycles. The Kier molecular flexibility index (Phi) is 5.92. The number of fused-ring (bicyclic) bond motifs is 1. The number of aryl methyl sites for hydroxylation is 1. The number of nitrogens with one attached hydrogen (secondary N) is 3. The highest BCUT2D eigenvalue weighted by Crippen LogP contribution is 2.30. The van der Waals surface area contributed by atoms with Crippen LogP contribution < -0.4 is 25.6 Å². The second-order valence-electron chi connectivity index (χ2n) is 7.45. The second kappa shape index (κ2) is 8.77. The predicted molar refractivity (Wildman–Crippen MR) is 116 cm³/mol. The molecule has 1 aromatic heterocycles. The summed E-state index contributed by atoms with van der Waals surface area (Å²) in [7, 11) is 1.68. The summed E-state index contributed by atoms with van der Waals surface area (Å²) in [4.78, 5) is 12.6. The lowest BCUT2D eigenvalue weighted by atomic mass is 10.1. The lowest BCUT2D eigenvalue weighted by molar-refractivity contribution is -0.128. The Morgan fingerprint density at radius 1 is 1.17 bits per heavy atom. The third-order valence-electron chi connectivity index (χ3n) is 5.46. The molecule has 0 bridgehead atoms.